The van der Waals surface area contributed by atoms with Crippen LogP contribution in [0.2, 0.25) is 0 Å². The Morgan fingerprint density at radius 3 is 1.76 bits per heavy atom. The van der Waals surface area contributed by atoms with Crippen LogP contribution in [0.25, 0.3) is 0 Å². The molecule has 0 rings (SSSR count). The third kappa shape index (κ3) is 30.7. The van der Waals surface area contributed by atoms with E-state index in [4.69, 9.17) is 10.8 Å². The van der Waals surface area contributed by atoms with Gasteiger partial charge in [-0.05, 0) is 27.4 Å². The average molecular weight is 539 g/mol. The van der Waals surface area contributed by atoms with Gasteiger partial charge < -0.3 is 40.6 Å². The van der Waals surface area contributed by atoms with Crippen LogP contribution >= 0.6 is 0 Å². The Balaban J connectivity index is -0.000000251. The number of Topliss-reactive ketones (excluding diaryl/α,β-unsaturated/α-hetero) is 2. The van der Waals surface area contributed by atoms with Crippen molar-refractivity contribution >= 4 is 35.7 Å². The molecule has 2 amide bonds. The highest BCUT2D eigenvalue weighted by molar-refractivity contribution is 5.90. The summed E-state index contributed by atoms with van der Waals surface area (Å²) in [5.41, 5.74) is 5.42. The summed E-state index contributed by atoms with van der Waals surface area (Å²) >= 11 is 0. The van der Waals surface area contributed by atoms with Gasteiger partial charge in [-0.15, -0.1) is 0 Å². The number of methoxy groups -OCH3 is 3. The maximum Gasteiger partial charge on any atom is 0.406 e. The molecule has 14 heteroatoms. The van der Waals surface area contributed by atoms with Crippen LogP contribution in [-0.4, -0.2) is 107 Å². The lowest BCUT2D eigenvalue weighted by atomic mass is 9.94. The molecule has 0 aliphatic carbocycles. The normalized spacial score (nSPS) is 10.8. The quantitative estimate of drug-likeness (QED) is 0.201. The summed E-state index contributed by atoms with van der Waals surface area (Å²) in [5, 5.41) is 13.8. The molecule has 0 aliphatic rings. The van der Waals surface area contributed by atoms with Crippen molar-refractivity contribution in [2.75, 3.05) is 55.6 Å². The van der Waals surface area contributed by atoms with Crippen LogP contribution in [0.15, 0.2) is 0 Å². The topological polar surface area (TPSA) is 204 Å². The van der Waals surface area contributed by atoms with Gasteiger partial charge in [0.05, 0.1) is 33.3 Å². The fraction of sp³-hybridized carbons (Fsp3) is 0.739. The predicted molar refractivity (Wildman–Crippen MR) is 137 cm³/mol. The second-order valence-electron chi connectivity index (χ2n) is 7.28. The molecule has 14 nitrogen and oxygen atoms in total. The maximum absolute atomic E-state index is 11.6. The number of alkyl carbamates (subject to hydrolysis) is 2. The molecule has 0 fully saturated rings. The first kappa shape index (κ1) is 40.9. The lowest BCUT2D eigenvalue weighted by Gasteiger charge is -2.12. The van der Waals surface area contributed by atoms with E-state index in [1.807, 2.05) is 32.8 Å². The van der Waals surface area contributed by atoms with E-state index in [1.54, 1.807) is 0 Å². The molecule has 0 aromatic rings. The van der Waals surface area contributed by atoms with Crippen molar-refractivity contribution in [3.63, 3.8) is 0 Å². The number of carbonyl (C=O) groups excluding carboxylic acids is 5. The van der Waals surface area contributed by atoms with E-state index in [-0.39, 0.29) is 37.6 Å². The van der Waals surface area contributed by atoms with Crippen LogP contribution in [-0.2, 0) is 33.4 Å². The van der Waals surface area contributed by atoms with E-state index >= 15 is 0 Å². The number of nitrogens with two attached hydrogens (primary N) is 1. The van der Waals surface area contributed by atoms with Crippen molar-refractivity contribution in [3.8, 4) is 0 Å². The molecule has 0 spiro atoms. The Kier molecular flexibility index (Phi) is 30.2. The second-order valence-corrected chi connectivity index (χ2v) is 7.28. The number of carboxylic acid groups (broad SMARTS) is 1. The largest absolute Gasteiger partial charge is 0.481 e. The summed E-state index contributed by atoms with van der Waals surface area (Å²) in [6, 6.07) is -0.900. The van der Waals surface area contributed by atoms with Crippen LogP contribution in [0.4, 0.5) is 9.59 Å². The van der Waals surface area contributed by atoms with Crippen LogP contribution in [0.3, 0.4) is 0 Å². The number of likely N-dealkylation sites (N-methyl/N-ethyl adjacent to an activating group) is 1. The maximum atomic E-state index is 11.6. The van der Waals surface area contributed by atoms with Crippen LogP contribution in [0.1, 0.15) is 46.5 Å². The Morgan fingerprint density at radius 2 is 1.43 bits per heavy atom. The van der Waals surface area contributed by atoms with Gasteiger partial charge >= 0.3 is 24.1 Å². The highest BCUT2D eigenvalue weighted by Gasteiger charge is 2.24. The van der Waals surface area contributed by atoms with Crippen molar-refractivity contribution in [2.45, 2.75) is 52.5 Å². The smallest absolute Gasteiger partial charge is 0.406 e. The molecule has 0 heterocycles. The highest BCUT2D eigenvalue weighted by atomic mass is 16.5. The first-order valence-electron chi connectivity index (χ1n) is 11.5. The first-order valence-corrected chi connectivity index (χ1v) is 11.5. The number of nitrogens with zero attached hydrogens (tertiary/aromatic N) is 1. The van der Waals surface area contributed by atoms with E-state index in [0.29, 0.717) is 6.54 Å². The molecule has 0 aliphatic heterocycles. The fourth-order valence-corrected chi connectivity index (χ4v) is 2.01. The first-order chi connectivity index (χ1) is 17.2. The lowest BCUT2D eigenvalue weighted by molar-refractivity contribution is -0.145. The third-order valence-corrected chi connectivity index (χ3v) is 4.12. The minimum absolute atomic E-state index is 0.0169. The molecule has 0 bridgehead atoms. The van der Waals surface area contributed by atoms with Gasteiger partial charge in [-0.25, -0.2) is 9.59 Å². The van der Waals surface area contributed by atoms with Gasteiger partial charge in [0.1, 0.15) is 11.6 Å². The number of hydrogen-bond donors (Lipinski definition) is 4. The summed E-state index contributed by atoms with van der Waals surface area (Å²) < 4.78 is 12.9. The van der Waals surface area contributed by atoms with E-state index in [9.17, 15) is 28.8 Å². The molecule has 218 valence electrons. The molecular formula is C23H46N4O10. The number of rotatable bonds is 12. The number of ketones is 2. The Bertz CT molecular complexity index is 666. The van der Waals surface area contributed by atoms with Crippen LogP contribution < -0.4 is 16.4 Å². The van der Waals surface area contributed by atoms with Crippen molar-refractivity contribution in [1.82, 2.24) is 15.5 Å². The molecule has 0 radical (unpaired) electrons. The number of amides is 2. The summed E-state index contributed by atoms with van der Waals surface area (Å²) in [4.78, 5) is 66.6. The molecule has 2 atom stereocenters. The number of ether oxygens (including phenoxy) is 3. The summed E-state index contributed by atoms with van der Waals surface area (Å²) in [6.45, 7) is 6.72. The number of hydrogen-bond acceptors (Lipinski definition) is 11. The SMILES string of the molecule is CC.CNC(=O)OC.COC(=O)CCC(CC(=O)CC(N)C(C)=O)C(=O)O.COC(=O)NCCN(C)C. The zero-order valence-corrected chi connectivity index (χ0v) is 23.5. The second kappa shape index (κ2) is 27.3. The van der Waals surface area contributed by atoms with Gasteiger partial charge in [0.25, 0.3) is 0 Å². The van der Waals surface area contributed by atoms with Gasteiger partial charge in [0.15, 0.2) is 0 Å². The van der Waals surface area contributed by atoms with Crippen molar-refractivity contribution in [1.29, 1.82) is 0 Å². The number of carboxylic acids is 1. The monoisotopic (exact) mass is 538 g/mol. The van der Waals surface area contributed by atoms with Gasteiger partial charge in [-0.2, -0.15) is 0 Å². The summed E-state index contributed by atoms with van der Waals surface area (Å²) in [5.74, 6) is -3.38. The molecule has 0 saturated carbocycles. The van der Waals surface area contributed by atoms with E-state index in [0.717, 1.165) is 6.54 Å². The Labute approximate surface area is 219 Å². The van der Waals surface area contributed by atoms with Gasteiger partial charge in [0.2, 0.25) is 0 Å². The zero-order valence-electron chi connectivity index (χ0n) is 23.5. The van der Waals surface area contributed by atoms with Crippen LogP contribution in [0.5, 0.6) is 0 Å². The van der Waals surface area contributed by atoms with Gasteiger partial charge in [0, 0.05) is 39.4 Å². The fourth-order valence-electron chi connectivity index (χ4n) is 2.01. The predicted octanol–water partition coefficient (Wildman–Crippen LogP) is 0.808. The van der Waals surface area contributed by atoms with Crippen LogP contribution in [0, 0.1) is 5.92 Å². The zero-order chi connectivity index (χ0) is 30.0. The molecule has 37 heavy (non-hydrogen) atoms. The standard InChI is InChI=1S/C12H19NO6.C6H14N2O2.C3H7NO2.C2H6/c1-7(14)10(13)6-9(15)5-8(12(17)18)3-4-11(16)19-2;1-8(2)5-4-7-6(9)10-3;1-4-3(5)6-2;1-2/h8,10H,3-6,13H2,1-2H3,(H,17,18);4-5H2,1-3H3,(H,7,9);1-2H3,(H,4,5);1-2H3. The minimum atomic E-state index is -1.16. The lowest BCUT2D eigenvalue weighted by Crippen LogP contribution is -2.32. The number of carbonyl (C=O) groups is 6. The van der Waals surface area contributed by atoms with Gasteiger partial charge in [-0.3, -0.25) is 19.2 Å². The van der Waals surface area contributed by atoms with Gasteiger partial charge in [-0.1, -0.05) is 13.8 Å². The number of nitrogens with one attached hydrogen (secondary N) is 2. The van der Waals surface area contributed by atoms with Crippen molar-refractivity contribution < 1.29 is 48.1 Å². The molecular weight excluding hydrogens is 492 g/mol. The molecule has 2 unspecified atom stereocenters. The Hall–Kier alpha value is -3.26. The third-order valence-electron chi connectivity index (χ3n) is 4.12. The van der Waals surface area contributed by atoms with E-state index < -0.39 is 35.8 Å². The summed E-state index contributed by atoms with van der Waals surface area (Å²) in [7, 11) is 9.27. The number of aliphatic carboxylic acids is 1. The molecule has 0 saturated heterocycles. The van der Waals surface area contributed by atoms with E-state index in [2.05, 4.69) is 24.8 Å². The van der Waals surface area contributed by atoms with Crippen molar-refractivity contribution in [3.05, 3.63) is 0 Å². The van der Waals surface area contributed by atoms with E-state index in [1.165, 1.54) is 35.3 Å². The summed E-state index contributed by atoms with van der Waals surface area (Å²) in [6.07, 6.45) is -1.26. The number of esters is 1. The minimum Gasteiger partial charge on any atom is -0.481 e. The molecule has 5 N–H and O–H groups in total. The van der Waals surface area contributed by atoms with Crippen molar-refractivity contribution in [2.24, 2.45) is 11.7 Å². The molecule has 0 aromatic heterocycles. The molecule has 0 aromatic carbocycles. The average Bonchev–Trinajstić information content (AvgIpc) is 2.86. The Morgan fingerprint density at radius 1 is 0.919 bits per heavy atom. The highest BCUT2D eigenvalue weighted by Crippen LogP contribution is 2.14.